The zero-order chi connectivity index (χ0) is 15.7. The fourth-order valence-corrected chi connectivity index (χ4v) is 2.29. The first-order chi connectivity index (χ1) is 10.0. The van der Waals surface area contributed by atoms with Crippen LogP contribution in [-0.4, -0.2) is 40.5 Å². The molecule has 21 heavy (non-hydrogen) atoms. The maximum atomic E-state index is 11.5. The molecule has 7 nitrogen and oxygen atoms in total. The minimum absolute atomic E-state index is 0.172. The fraction of sp³-hybridized carbons (Fsp3) is 0.308. The first-order valence-corrected chi connectivity index (χ1v) is 7.12. The van der Waals surface area contributed by atoms with Crippen LogP contribution in [0.25, 0.3) is 0 Å². The van der Waals surface area contributed by atoms with Gasteiger partial charge in [-0.2, -0.15) is 5.73 Å². The van der Waals surface area contributed by atoms with Crippen molar-refractivity contribution in [3.8, 4) is 0 Å². The van der Waals surface area contributed by atoms with E-state index in [-0.39, 0.29) is 5.75 Å². The van der Waals surface area contributed by atoms with E-state index in [1.807, 2.05) is 30.3 Å². The topological polar surface area (TPSA) is 127 Å². The summed E-state index contributed by atoms with van der Waals surface area (Å²) in [4.78, 5) is 21.7. The highest BCUT2D eigenvalue weighted by Gasteiger charge is 2.20. The number of benzene rings is 1. The second-order valence-electron chi connectivity index (χ2n) is 4.16. The first kappa shape index (κ1) is 17.0. The van der Waals surface area contributed by atoms with E-state index < -0.39 is 24.5 Å². The van der Waals surface area contributed by atoms with Gasteiger partial charge in [-0.3, -0.25) is 4.79 Å². The number of nitrogens with zero attached hydrogens (tertiary/aromatic N) is 1. The Morgan fingerprint density at radius 1 is 1.38 bits per heavy atom. The van der Waals surface area contributed by atoms with Gasteiger partial charge in [0.2, 0.25) is 6.04 Å². The molecule has 113 valence electrons. The van der Waals surface area contributed by atoms with Gasteiger partial charge in [0.05, 0.1) is 18.3 Å². The molecule has 1 aromatic carbocycles. The summed E-state index contributed by atoms with van der Waals surface area (Å²) in [6.07, 6.45) is 0.426. The van der Waals surface area contributed by atoms with Crippen LogP contribution in [0.2, 0.25) is 0 Å². The van der Waals surface area contributed by atoms with Crippen LogP contribution >= 0.6 is 11.8 Å². The molecule has 1 aromatic rings. The van der Waals surface area contributed by atoms with Crippen LogP contribution in [0.15, 0.2) is 35.5 Å². The van der Waals surface area contributed by atoms with E-state index in [1.165, 1.54) is 0 Å². The molecule has 8 heteroatoms. The number of nitrogens with two attached hydrogens (primary N) is 1. The number of aliphatic carboxylic acids is 1. The number of carboxylic acids is 1. The van der Waals surface area contributed by atoms with Gasteiger partial charge in [0, 0.05) is 6.42 Å². The third-order valence-corrected chi connectivity index (χ3v) is 3.57. The minimum Gasteiger partial charge on any atom is -0.548 e. The molecule has 1 amide bonds. The molecule has 1 rings (SSSR count). The molecule has 0 fully saturated rings. The molecule has 0 bridgehead atoms. The molecular formula is C13H16N3O4S. The van der Waals surface area contributed by atoms with Gasteiger partial charge in [-0.25, -0.2) is 0 Å². The van der Waals surface area contributed by atoms with Crippen molar-refractivity contribution in [3.05, 3.63) is 35.9 Å². The maximum absolute atomic E-state index is 11.5. The Bertz CT molecular complexity index is 507. The van der Waals surface area contributed by atoms with Gasteiger partial charge in [0.1, 0.15) is 5.04 Å². The molecule has 0 aliphatic carbocycles. The molecule has 0 saturated heterocycles. The second-order valence-corrected chi connectivity index (χ2v) is 5.26. The smallest absolute Gasteiger partial charge is 0.284 e. The van der Waals surface area contributed by atoms with Crippen LogP contribution in [0.1, 0.15) is 5.56 Å². The number of hydrogen-bond donors (Lipinski definition) is 3. The summed E-state index contributed by atoms with van der Waals surface area (Å²) in [5.41, 5.74) is 6.58. The van der Waals surface area contributed by atoms with Crippen LogP contribution in [0.5, 0.6) is 0 Å². The van der Waals surface area contributed by atoms with Crippen LogP contribution in [-0.2, 0) is 16.0 Å². The molecule has 1 atom stereocenters. The van der Waals surface area contributed by atoms with Gasteiger partial charge in [-0.15, -0.1) is 11.8 Å². The van der Waals surface area contributed by atoms with Crippen molar-refractivity contribution >= 4 is 28.7 Å². The number of carbonyl (C=O) groups is 2. The Kier molecular flexibility index (Phi) is 7.27. The van der Waals surface area contributed by atoms with Crippen molar-refractivity contribution < 1.29 is 25.6 Å². The number of rotatable bonds is 7. The van der Waals surface area contributed by atoms with Crippen molar-refractivity contribution in [2.75, 3.05) is 12.3 Å². The highest BCUT2D eigenvalue weighted by atomic mass is 32.2. The van der Waals surface area contributed by atoms with Gasteiger partial charge in [-0.1, -0.05) is 35.5 Å². The van der Waals surface area contributed by atoms with E-state index in [1.54, 1.807) is 0 Å². The zero-order valence-electron chi connectivity index (χ0n) is 11.2. The molecule has 0 heterocycles. The normalized spacial score (nSPS) is 12.7. The fourth-order valence-electron chi connectivity index (χ4n) is 1.44. The number of carbonyl (C=O) groups excluding carboxylic acids is 2. The van der Waals surface area contributed by atoms with Crippen LogP contribution < -0.4 is 16.2 Å². The summed E-state index contributed by atoms with van der Waals surface area (Å²) < 4.78 is 0. The largest absolute Gasteiger partial charge is 0.548 e. The molecule has 4 N–H and O–H groups in total. The molecular weight excluding hydrogens is 294 g/mol. The summed E-state index contributed by atoms with van der Waals surface area (Å²) in [6, 6.07) is 8.49. The number of oxime groups is 1. The Labute approximate surface area is 126 Å². The molecule has 0 aromatic heterocycles. The third-order valence-electron chi connectivity index (χ3n) is 2.48. The highest BCUT2D eigenvalue weighted by Crippen LogP contribution is 2.11. The number of amides is 1. The lowest BCUT2D eigenvalue weighted by molar-refractivity contribution is -0.396. The highest BCUT2D eigenvalue weighted by molar-refractivity contribution is 8.14. The Morgan fingerprint density at radius 2 is 2.05 bits per heavy atom. The maximum Gasteiger partial charge on any atom is 0.284 e. The Balaban J connectivity index is 2.41. The Hall–Kier alpha value is -2.06. The average Bonchev–Trinajstić information content (AvgIpc) is 2.49. The van der Waals surface area contributed by atoms with Crippen LogP contribution in [0.3, 0.4) is 0 Å². The van der Waals surface area contributed by atoms with Crippen LogP contribution in [0, 0.1) is 0 Å². The number of hydrogen-bond acceptors (Lipinski definition) is 7. The molecule has 0 aliphatic rings. The van der Waals surface area contributed by atoms with Gasteiger partial charge < -0.3 is 20.4 Å². The lowest BCUT2D eigenvalue weighted by Gasteiger charge is -2.09. The van der Waals surface area contributed by atoms with Gasteiger partial charge in [0.15, 0.2) is 0 Å². The monoisotopic (exact) mass is 310 g/mol. The van der Waals surface area contributed by atoms with Gasteiger partial charge in [0.25, 0.3) is 5.91 Å². The van der Waals surface area contributed by atoms with E-state index in [2.05, 4.69) is 10.5 Å². The van der Waals surface area contributed by atoms with E-state index in [4.69, 9.17) is 10.9 Å². The summed E-state index contributed by atoms with van der Waals surface area (Å²) in [5.74, 6) is -1.81. The summed E-state index contributed by atoms with van der Waals surface area (Å²) in [7, 11) is 0. The SMILES string of the molecule is [NH2+]C(CS/C(Cc1ccccc1)=N\O)C(=O)NCC(=O)[O-]. The standard InChI is InChI=1S/C13H17N3O4S/c14-10(13(19)15-7-12(17)18)8-21-11(16-20)6-9-4-2-1-3-5-9/h1-5,10,20H,6-8,14H2,(H,15,19)(H,17,18)/q+1/p-1/b16-11-. The van der Waals surface area contributed by atoms with Crippen molar-refractivity contribution in [3.63, 3.8) is 0 Å². The van der Waals surface area contributed by atoms with E-state index in [0.29, 0.717) is 11.5 Å². The summed E-state index contributed by atoms with van der Waals surface area (Å²) in [5, 5.41) is 24.9. The van der Waals surface area contributed by atoms with Crippen molar-refractivity contribution in [2.45, 2.75) is 12.5 Å². The van der Waals surface area contributed by atoms with Crippen LogP contribution in [0.4, 0.5) is 0 Å². The lowest BCUT2D eigenvalue weighted by atomic mass is 10.2. The van der Waals surface area contributed by atoms with Crippen molar-refractivity contribution in [1.29, 1.82) is 0 Å². The number of thioether (sulfide) groups is 1. The molecule has 0 saturated carbocycles. The second kappa shape index (κ2) is 8.98. The third kappa shape index (κ3) is 6.77. The predicted molar refractivity (Wildman–Crippen MR) is 75.6 cm³/mol. The minimum atomic E-state index is -1.38. The number of nitrogens with one attached hydrogen (secondary N) is 1. The average molecular weight is 310 g/mol. The van der Waals surface area contributed by atoms with Crippen molar-refractivity contribution in [2.24, 2.45) is 5.16 Å². The van der Waals surface area contributed by atoms with E-state index >= 15 is 0 Å². The van der Waals surface area contributed by atoms with Crippen molar-refractivity contribution in [1.82, 2.24) is 5.32 Å². The Morgan fingerprint density at radius 3 is 2.62 bits per heavy atom. The zero-order valence-corrected chi connectivity index (χ0v) is 12.0. The lowest BCUT2D eigenvalue weighted by Crippen LogP contribution is -2.69. The predicted octanol–water partition coefficient (Wildman–Crippen LogP) is -1.99. The van der Waals surface area contributed by atoms with Gasteiger partial charge in [-0.05, 0) is 5.56 Å². The number of carboxylic acid groups (broad SMARTS) is 1. The summed E-state index contributed by atoms with van der Waals surface area (Å²) >= 11 is 1.14. The quantitative estimate of drug-likeness (QED) is 0.233. The molecule has 0 spiro atoms. The molecule has 1 unspecified atom stereocenters. The van der Waals surface area contributed by atoms with E-state index in [0.717, 1.165) is 17.3 Å². The molecule has 0 aliphatic heterocycles. The first-order valence-electron chi connectivity index (χ1n) is 6.13. The summed E-state index contributed by atoms with van der Waals surface area (Å²) in [6.45, 7) is -0.581. The molecule has 1 radical (unpaired) electrons. The van der Waals surface area contributed by atoms with Gasteiger partial charge >= 0.3 is 0 Å². The van der Waals surface area contributed by atoms with E-state index in [9.17, 15) is 14.7 Å².